The molecule has 0 radical (unpaired) electrons. The molecule has 0 saturated heterocycles. The van der Waals surface area contributed by atoms with Crippen molar-refractivity contribution in [3.8, 4) is 22.3 Å². The van der Waals surface area contributed by atoms with Crippen molar-refractivity contribution in [3.05, 3.63) is 138 Å². The van der Waals surface area contributed by atoms with E-state index < -0.39 is 0 Å². The van der Waals surface area contributed by atoms with Crippen LogP contribution >= 0.6 is 0 Å². The van der Waals surface area contributed by atoms with Crippen molar-refractivity contribution in [2.75, 3.05) is 4.90 Å². The zero-order valence-electron chi connectivity index (χ0n) is 29.5. The Kier molecular flexibility index (Phi) is 5.49. The van der Waals surface area contributed by atoms with E-state index in [0.29, 0.717) is 5.41 Å². The van der Waals surface area contributed by atoms with E-state index in [-0.39, 0.29) is 16.2 Å². The molecule has 0 amide bonds. The van der Waals surface area contributed by atoms with Gasteiger partial charge in [0.2, 0.25) is 0 Å². The van der Waals surface area contributed by atoms with Gasteiger partial charge in [-0.2, -0.15) is 0 Å². The van der Waals surface area contributed by atoms with Crippen molar-refractivity contribution < 1.29 is 0 Å². The van der Waals surface area contributed by atoms with Crippen LogP contribution in [0.5, 0.6) is 0 Å². The van der Waals surface area contributed by atoms with Gasteiger partial charge in [0.1, 0.15) is 0 Å². The van der Waals surface area contributed by atoms with E-state index in [1.807, 2.05) is 0 Å². The lowest BCUT2D eigenvalue weighted by Crippen LogP contribution is -2.73. The molecule has 0 heterocycles. The fourth-order valence-corrected chi connectivity index (χ4v) is 13.3. The number of rotatable bonds is 4. The van der Waals surface area contributed by atoms with Gasteiger partial charge in [0.25, 0.3) is 0 Å². The molecule has 6 aliphatic carbocycles. The number of hydrogen-bond donors (Lipinski definition) is 0. The van der Waals surface area contributed by atoms with Crippen molar-refractivity contribution in [3.63, 3.8) is 0 Å². The van der Waals surface area contributed by atoms with E-state index >= 15 is 0 Å². The molecule has 4 fully saturated rings. The third-order valence-electron chi connectivity index (χ3n) is 15.2. The SMILES string of the molecule is CC1(C)CCC(C)(C)c2c(N(c3ccccc3)c3ccc(-c4cccc5c4C4(c6ccccc6-5)C5CC6CC7CC4C75C6)cc3)cccc21. The molecule has 5 aromatic rings. The zero-order valence-corrected chi connectivity index (χ0v) is 29.5. The van der Waals surface area contributed by atoms with Crippen molar-refractivity contribution in [2.24, 2.45) is 29.1 Å². The highest BCUT2D eigenvalue weighted by Gasteiger charge is 2.84. The predicted octanol–water partition coefficient (Wildman–Crippen LogP) is 12.5. The number of anilines is 3. The monoisotopic (exact) mass is 637 g/mol. The average Bonchev–Trinajstić information content (AvgIpc) is 3.75. The maximum Gasteiger partial charge on any atom is 0.0502 e. The van der Waals surface area contributed by atoms with E-state index in [1.165, 1.54) is 89.0 Å². The van der Waals surface area contributed by atoms with Gasteiger partial charge in [-0.1, -0.05) is 113 Å². The topological polar surface area (TPSA) is 3.24 Å². The van der Waals surface area contributed by atoms with Crippen LogP contribution in [-0.4, -0.2) is 0 Å². The molecule has 244 valence electrons. The van der Waals surface area contributed by atoms with Crippen LogP contribution in [0.4, 0.5) is 17.1 Å². The third-order valence-corrected chi connectivity index (χ3v) is 15.2. The van der Waals surface area contributed by atoms with Gasteiger partial charge in [-0.15, -0.1) is 0 Å². The molecule has 4 saturated carbocycles. The number of para-hydroxylation sites is 1. The van der Waals surface area contributed by atoms with Gasteiger partial charge < -0.3 is 4.90 Å². The summed E-state index contributed by atoms with van der Waals surface area (Å²) in [6.07, 6.45) is 8.31. The Morgan fingerprint density at radius 1 is 0.531 bits per heavy atom. The van der Waals surface area contributed by atoms with E-state index in [4.69, 9.17) is 0 Å². The number of fused-ring (bicyclic) bond motifs is 9. The lowest BCUT2D eigenvalue weighted by atomic mass is 9.26. The second-order valence-corrected chi connectivity index (χ2v) is 18.0. The number of hydrogen-bond acceptors (Lipinski definition) is 1. The smallest absolute Gasteiger partial charge is 0.0502 e. The van der Waals surface area contributed by atoms with Crippen molar-refractivity contribution in [2.45, 2.75) is 82.5 Å². The van der Waals surface area contributed by atoms with Gasteiger partial charge in [0.15, 0.2) is 0 Å². The van der Waals surface area contributed by atoms with Crippen LogP contribution in [0.25, 0.3) is 22.3 Å². The summed E-state index contributed by atoms with van der Waals surface area (Å²) in [5, 5.41) is 0. The molecule has 1 heteroatoms. The Bertz CT molecular complexity index is 2170. The summed E-state index contributed by atoms with van der Waals surface area (Å²) in [5.74, 6) is 3.59. The lowest BCUT2D eigenvalue weighted by Gasteiger charge is -2.76. The highest BCUT2D eigenvalue weighted by Crippen LogP contribution is 2.90. The summed E-state index contributed by atoms with van der Waals surface area (Å²) in [5.41, 5.74) is 17.0. The van der Waals surface area contributed by atoms with E-state index in [9.17, 15) is 0 Å². The van der Waals surface area contributed by atoms with Gasteiger partial charge in [-0.05, 0) is 153 Å². The molecule has 6 unspecified atom stereocenters. The Morgan fingerprint density at radius 3 is 2.00 bits per heavy atom. The first-order chi connectivity index (χ1) is 23.7. The van der Waals surface area contributed by atoms with Crippen LogP contribution in [0, 0.1) is 29.1 Å². The minimum Gasteiger partial charge on any atom is -0.310 e. The van der Waals surface area contributed by atoms with Gasteiger partial charge in [0, 0.05) is 16.8 Å². The molecule has 2 spiro atoms. The van der Waals surface area contributed by atoms with Crippen molar-refractivity contribution in [1.29, 1.82) is 0 Å². The summed E-state index contributed by atoms with van der Waals surface area (Å²) < 4.78 is 0. The molecule has 0 N–H and O–H groups in total. The average molecular weight is 638 g/mol. The first-order valence-electron chi connectivity index (χ1n) is 19.1. The van der Waals surface area contributed by atoms with Crippen LogP contribution in [0.15, 0.2) is 115 Å². The molecule has 11 rings (SSSR count). The highest BCUT2D eigenvalue weighted by molar-refractivity contribution is 5.91. The molecule has 6 aliphatic rings. The third kappa shape index (κ3) is 3.38. The second-order valence-electron chi connectivity index (χ2n) is 18.0. The van der Waals surface area contributed by atoms with Crippen molar-refractivity contribution >= 4 is 17.1 Å². The molecule has 5 aromatic carbocycles. The first kappa shape index (κ1) is 28.7. The standard InChI is InChI=1S/C48H47N/c1-45(2)24-25-46(3,4)44-39(45)18-11-19-40(44)49(33-12-6-5-7-13-33)34-22-20-31(21-23-34)35-15-10-16-37-36-14-8-9-17-38(36)48(43(35)37)41-27-30-26-32-28-42(48)47(32,41)29-30/h5-23,30,32,41-42H,24-29H2,1-4H3. The van der Waals surface area contributed by atoms with Gasteiger partial charge in [-0.3, -0.25) is 0 Å². The number of benzene rings is 5. The minimum atomic E-state index is 0.0999. The summed E-state index contributed by atoms with van der Waals surface area (Å²) in [6, 6.07) is 44.5. The van der Waals surface area contributed by atoms with Gasteiger partial charge in [0.05, 0.1) is 5.69 Å². The molecular weight excluding hydrogens is 591 g/mol. The Labute approximate surface area is 292 Å². The van der Waals surface area contributed by atoms with Crippen LogP contribution in [0.3, 0.4) is 0 Å². The number of nitrogens with zero attached hydrogens (tertiary/aromatic N) is 1. The van der Waals surface area contributed by atoms with Crippen molar-refractivity contribution in [1.82, 2.24) is 0 Å². The molecule has 2 bridgehead atoms. The first-order valence-corrected chi connectivity index (χ1v) is 19.1. The second kappa shape index (κ2) is 9.36. The normalized spacial score (nSPS) is 31.3. The van der Waals surface area contributed by atoms with E-state index in [1.54, 1.807) is 11.1 Å². The minimum absolute atomic E-state index is 0.0999. The Balaban J connectivity index is 1.06. The quantitative estimate of drug-likeness (QED) is 0.189. The van der Waals surface area contributed by atoms with Crippen LogP contribution in [0.2, 0.25) is 0 Å². The van der Waals surface area contributed by atoms with Crippen LogP contribution < -0.4 is 4.90 Å². The fourth-order valence-electron chi connectivity index (χ4n) is 13.3. The summed E-state index contributed by atoms with van der Waals surface area (Å²) in [4.78, 5) is 2.53. The fraction of sp³-hybridized carbons (Fsp3) is 0.375. The molecular formula is C48H47N. The largest absolute Gasteiger partial charge is 0.310 e. The predicted molar refractivity (Wildman–Crippen MR) is 203 cm³/mol. The molecule has 49 heavy (non-hydrogen) atoms. The van der Waals surface area contributed by atoms with Crippen LogP contribution in [-0.2, 0) is 16.2 Å². The van der Waals surface area contributed by atoms with Gasteiger partial charge in [-0.25, -0.2) is 0 Å². The molecule has 6 atom stereocenters. The molecule has 1 nitrogen and oxygen atoms in total. The van der Waals surface area contributed by atoms with E-state index in [0.717, 1.165) is 23.7 Å². The highest BCUT2D eigenvalue weighted by atomic mass is 15.1. The van der Waals surface area contributed by atoms with Crippen LogP contribution in [0.1, 0.15) is 88.5 Å². The summed E-state index contributed by atoms with van der Waals surface area (Å²) in [7, 11) is 0. The summed E-state index contributed by atoms with van der Waals surface area (Å²) >= 11 is 0. The maximum absolute atomic E-state index is 2.53. The molecule has 0 aromatic heterocycles. The Hall–Kier alpha value is -4.10. The summed E-state index contributed by atoms with van der Waals surface area (Å²) in [6.45, 7) is 9.76. The lowest BCUT2D eigenvalue weighted by molar-refractivity contribution is -0.231. The maximum atomic E-state index is 2.53. The van der Waals surface area contributed by atoms with Gasteiger partial charge >= 0.3 is 0 Å². The van der Waals surface area contributed by atoms with E-state index in [2.05, 4.69) is 148 Å². The Morgan fingerprint density at radius 2 is 1.18 bits per heavy atom. The zero-order chi connectivity index (χ0) is 32.9. The molecule has 0 aliphatic heterocycles.